The Hall–Kier alpha value is -1.38. The molecule has 0 bridgehead atoms. The molecule has 1 amide bonds. The van der Waals surface area contributed by atoms with Crippen LogP contribution in [0.4, 0.5) is 4.39 Å². The summed E-state index contributed by atoms with van der Waals surface area (Å²) in [5.41, 5.74) is 5.67. The van der Waals surface area contributed by atoms with Crippen LogP contribution in [0.25, 0.3) is 0 Å². The van der Waals surface area contributed by atoms with Crippen molar-refractivity contribution in [3.63, 3.8) is 0 Å². The van der Waals surface area contributed by atoms with Crippen LogP contribution >= 0.6 is 0 Å². The Labute approximate surface area is 107 Å². The van der Waals surface area contributed by atoms with E-state index in [0.29, 0.717) is 5.56 Å². The van der Waals surface area contributed by atoms with E-state index in [9.17, 15) is 9.18 Å². The number of carbonyl (C=O) groups is 1. The molecular weight excluding hydrogens is 229 g/mol. The molecule has 0 aliphatic heterocycles. The minimum absolute atomic E-state index is 0.156. The Morgan fingerprint density at radius 2 is 1.89 bits per heavy atom. The smallest absolute Gasteiger partial charge is 0.224 e. The van der Waals surface area contributed by atoms with Gasteiger partial charge in [0.25, 0.3) is 0 Å². The third kappa shape index (κ3) is 2.14. The van der Waals surface area contributed by atoms with Crippen LogP contribution in [-0.4, -0.2) is 5.91 Å². The molecule has 1 saturated carbocycles. The molecule has 0 aromatic heterocycles. The van der Waals surface area contributed by atoms with Crippen LogP contribution < -0.4 is 5.73 Å². The van der Waals surface area contributed by atoms with Crippen molar-refractivity contribution in [2.45, 2.75) is 44.9 Å². The molecule has 2 nitrogen and oxygen atoms in total. The summed E-state index contributed by atoms with van der Waals surface area (Å²) in [4.78, 5) is 11.9. The molecule has 0 saturated heterocycles. The molecule has 2 rings (SSSR count). The number of hydrogen-bond acceptors (Lipinski definition) is 1. The molecule has 1 aliphatic rings. The van der Waals surface area contributed by atoms with Gasteiger partial charge in [-0.3, -0.25) is 4.79 Å². The topological polar surface area (TPSA) is 43.1 Å². The first-order valence-electron chi connectivity index (χ1n) is 6.62. The molecule has 3 heteroatoms. The molecule has 0 radical (unpaired) electrons. The second-order valence-electron chi connectivity index (χ2n) is 5.32. The van der Waals surface area contributed by atoms with Crippen LogP contribution in [0.2, 0.25) is 0 Å². The number of rotatable bonds is 3. The van der Waals surface area contributed by atoms with Gasteiger partial charge in [-0.2, -0.15) is 0 Å². The average Bonchev–Trinajstić information content (AvgIpc) is 2.39. The van der Waals surface area contributed by atoms with E-state index in [1.165, 1.54) is 6.07 Å². The average molecular weight is 249 g/mol. The van der Waals surface area contributed by atoms with E-state index in [1.807, 2.05) is 13.0 Å². The lowest BCUT2D eigenvalue weighted by Gasteiger charge is -2.39. The lowest BCUT2D eigenvalue weighted by molar-refractivity contribution is -0.130. The van der Waals surface area contributed by atoms with Gasteiger partial charge >= 0.3 is 0 Å². The van der Waals surface area contributed by atoms with Crippen molar-refractivity contribution in [3.8, 4) is 0 Å². The number of hydrogen-bond donors (Lipinski definition) is 1. The third-order valence-corrected chi connectivity index (χ3v) is 4.44. The SMILES string of the molecule is C[C@H](c1ccccc1F)C1(C(N)=O)CCCCC1. The van der Waals surface area contributed by atoms with Gasteiger partial charge in [-0.1, -0.05) is 44.4 Å². The summed E-state index contributed by atoms with van der Waals surface area (Å²) in [6, 6.07) is 6.69. The van der Waals surface area contributed by atoms with E-state index in [2.05, 4.69) is 0 Å². The van der Waals surface area contributed by atoms with Crippen molar-refractivity contribution >= 4 is 5.91 Å². The van der Waals surface area contributed by atoms with E-state index in [1.54, 1.807) is 12.1 Å². The van der Waals surface area contributed by atoms with Crippen molar-refractivity contribution in [2.75, 3.05) is 0 Å². The monoisotopic (exact) mass is 249 g/mol. The number of amides is 1. The molecule has 0 spiro atoms. The summed E-state index contributed by atoms with van der Waals surface area (Å²) in [6.07, 6.45) is 4.69. The zero-order chi connectivity index (χ0) is 13.2. The minimum atomic E-state index is -0.569. The molecule has 18 heavy (non-hydrogen) atoms. The fourth-order valence-electron chi connectivity index (χ4n) is 3.20. The summed E-state index contributed by atoms with van der Waals surface area (Å²) >= 11 is 0. The molecule has 1 aromatic rings. The van der Waals surface area contributed by atoms with Gasteiger partial charge in [0.05, 0.1) is 5.41 Å². The number of primary amides is 1. The highest BCUT2D eigenvalue weighted by Crippen LogP contribution is 2.47. The van der Waals surface area contributed by atoms with Crippen molar-refractivity contribution in [1.29, 1.82) is 0 Å². The fourth-order valence-corrected chi connectivity index (χ4v) is 3.20. The van der Waals surface area contributed by atoms with Gasteiger partial charge in [0.15, 0.2) is 0 Å². The second-order valence-corrected chi connectivity index (χ2v) is 5.32. The summed E-state index contributed by atoms with van der Waals surface area (Å²) in [5.74, 6) is -0.675. The number of carbonyl (C=O) groups excluding carboxylic acids is 1. The predicted octanol–water partition coefficient (Wildman–Crippen LogP) is 3.37. The molecule has 1 fully saturated rings. The molecule has 1 aliphatic carbocycles. The third-order valence-electron chi connectivity index (χ3n) is 4.44. The maximum absolute atomic E-state index is 13.9. The first-order valence-corrected chi connectivity index (χ1v) is 6.62. The first-order chi connectivity index (χ1) is 8.58. The molecule has 0 unspecified atom stereocenters. The molecule has 1 aromatic carbocycles. The van der Waals surface area contributed by atoms with Gasteiger partial charge in [-0.05, 0) is 30.4 Å². The zero-order valence-electron chi connectivity index (χ0n) is 10.8. The molecule has 2 N–H and O–H groups in total. The van der Waals surface area contributed by atoms with Crippen LogP contribution in [0.5, 0.6) is 0 Å². The van der Waals surface area contributed by atoms with Crippen molar-refractivity contribution in [3.05, 3.63) is 35.6 Å². The van der Waals surface area contributed by atoms with Gasteiger partial charge in [0.2, 0.25) is 5.91 Å². The van der Waals surface area contributed by atoms with Gasteiger partial charge in [-0.25, -0.2) is 4.39 Å². The quantitative estimate of drug-likeness (QED) is 0.877. The van der Waals surface area contributed by atoms with Crippen LogP contribution in [0.15, 0.2) is 24.3 Å². The highest BCUT2D eigenvalue weighted by atomic mass is 19.1. The van der Waals surface area contributed by atoms with Gasteiger partial charge in [0.1, 0.15) is 5.82 Å². The molecule has 0 heterocycles. The number of halogens is 1. The maximum Gasteiger partial charge on any atom is 0.224 e. The van der Waals surface area contributed by atoms with Crippen molar-refractivity contribution in [1.82, 2.24) is 0 Å². The van der Waals surface area contributed by atoms with E-state index >= 15 is 0 Å². The molecular formula is C15H20FNO. The predicted molar refractivity (Wildman–Crippen MR) is 69.5 cm³/mol. The Morgan fingerprint density at radius 1 is 1.28 bits per heavy atom. The van der Waals surface area contributed by atoms with Crippen LogP contribution in [0.1, 0.15) is 50.5 Å². The van der Waals surface area contributed by atoms with Crippen molar-refractivity contribution < 1.29 is 9.18 Å². The summed E-state index contributed by atoms with van der Waals surface area (Å²) in [5, 5.41) is 0. The Bertz CT molecular complexity index is 438. The van der Waals surface area contributed by atoms with Crippen LogP contribution in [0.3, 0.4) is 0 Å². The Kier molecular flexibility index (Phi) is 3.69. The highest BCUT2D eigenvalue weighted by Gasteiger charge is 2.43. The summed E-state index contributed by atoms with van der Waals surface area (Å²) < 4.78 is 13.9. The maximum atomic E-state index is 13.9. The summed E-state index contributed by atoms with van der Waals surface area (Å²) in [7, 11) is 0. The van der Waals surface area contributed by atoms with Gasteiger partial charge < -0.3 is 5.73 Å². The van der Waals surface area contributed by atoms with E-state index in [-0.39, 0.29) is 17.6 Å². The zero-order valence-corrected chi connectivity index (χ0v) is 10.8. The standard InChI is InChI=1S/C15H20FNO/c1-11(12-7-3-4-8-13(12)16)15(14(17)18)9-5-2-6-10-15/h3-4,7-8,11H,2,5-6,9-10H2,1H3,(H2,17,18)/t11-/m1/s1. The van der Waals surface area contributed by atoms with Crippen LogP contribution in [0, 0.1) is 11.2 Å². The normalized spacial score (nSPS) is 20.3. The number of nitrogens with two attached hydrogens (primary N) is 1. The first kappa shape index (κ1) is 13.1. The van der Waals surface area contributed by atoms with Crippen LogP contribution in [-0.2, 0) is 4.79 Å². The van der Waals surface area contributed by atoms with E-state index in [4.69, 9.17) is 5.73 Å². The van der Waals surface area contributed by atoms with Gasteiger partial charge in [-0.15, -0.1) is 0 Å². The molecule has 1 atom stereocenters. The highest BCUT2D eigenvalue weighted by molar-refractivity contribution is 5.82. The lowest BCUT2D eigenvalue weighted by Crippen LogP contribution is -2.43. The number of benzene rings is 1. The van der Waals surface area contributed by atoms with E-state index < -0.39 is 5.41 Å². The summed E-state index contributed by atoms with van der Waals surface area (Å²) in [6.45, 7) is 1.93. The fraction of sp³-hybridized carbons (Fsp3) is 0.533. The second kappa shape index (κ2) is 5.09. The lowest BCUT2D eigenvalue weighted by atomic mass is 9.64. The van der Waals surface area contributed by atoms with Gasteiger partial charge in [0, 0.05) is 0 Å². The largest absolute Gasteiger partial charge is 0.369 e. The van der Waals surface area contributed by atoms with Crippen molar-refractivity contribution in [2.24, 2.45) is 11.1 Å². The Balaban J connectivity index is 2.37. The minimum Gasteiger partial charge on any atom is -0.369 e. The van der Waals surface area contributed by atoms with E-state index in [0.717, 1.165) is 32.1 Å². The molecule has 98 valence electrons. The Morgan fingerprint density at radius 3 is 2.44 bits per heavy atom.